The second kappa shape index (κ2) is 7.45. The molecule has 21 heavy (non-hydrogen) atoms. The summed E-state index contributed by atoms with van der Waals surface area (Å²) in [4.78, 5) is 14.1. The van der Waals surface area contributed by atoms with E-state index in [2.05, 4.69) is 5.32 Å². The minimum Gasteiger partial charge on any atom is -0.395 e. The molecule has 0 aromatic heterocycles. The molecule has 0 spiro atoms. The van der Waals surface area contributed by atoms with E-state index in [1.54, 1.807) is 12.1 Å². The number of likely N-dealkylation sites (tertiary alicyclic amines) is 1. The standard InChI is InChI=1S/C15H20Cl2N2O2/c1-10(13-5-4-11(16)7-14(13)17)18-15(21)8-19-6-2-3-12(19)9-20/h4-5,7,10,12,20H,2-3,6,8-9H2,1H3,(H,18,21)/t10?,12-/m1/s1. The van der Waals surface area contributed by atoms with Crippen LogP contribution in [0.3, 0.4) is 0 Å². The van der Waals surface area contributed by atoms with E-state index in [-0.39, 0.29) is 24.6 Å². The number of carbonyl (C=O) groups is 1. The molecule has 1 unspecified atom stereocenters. The van der Waals surface area contributed by atoms with Crippen molar-refractivity contribution < 1.29 is 9.90 Å². The molecule has 2 N–H and O–H groups in total. The minimum atomic E-state index is -0.183. The highest BCUT2D eigenvalue weighted by Gasteiger charge is 2.26. The SMILES string of the molecule is CC(NC(=O)CN1CCC[C@@H]1CO)c1ccc(Cl)cc1Cl. The second-order valence-corrected chi connectivity index (χ2v) is 6.25. The maximum absolute atomic E-state index is 12.1. The lowest BCUT2D eigenvalue weighted by Crippen LogP contribution is -2.41. The molecular formula is C15H20Cl2N2O2. The smallest absolute Gasteiger partial charge is 0.234 e. The fourth-order valence-corrected chi connectivity index (χ4v) is 3.28. The third-order valence-corrected chi connectivity index (χ3v) is 4.43. The van der Waals surface area contributed by atoms with Crippen LogP contribution in [-0.2, 0) is 4.79 Å². The van der Waals surface area contributed by atoms with Crippen LogP contribution in [0.15, 0.2) is 18.2 Å². The zero-order valence-corrected chi connectivity index (χ0v) is 13.5. The summed E-state index contributed by atoms with van der Waals surface area (Å²) in [6.07, 6.45) is 1.97. The van der Waals surface area contributed by atoms with Crippen molar-refractivity contribution in [1.29, 1.82) is 0 Å². The van der Waals surface area contributed by atoms with Gasteiger partial charge in [-0.1, -0.05) is 29.3 Å². The molecule has 1 saturated heterocycles. The summed E-state index contributed by atoms with van der Waals surface area (Å²) in [5, 5.41) is 13.3. The van der Waals surface area contributed by atoms with Crippen LogP contribution >= 0.6 is 23.2 Å². The molecule has 6 heteroatoms. The van der Waals surface area contributed by atoms with Gasteiger partial charge in [-0.05, 0) is 44.0 Å². The van der Waals surface area contributed by atoms with E-state index in [9.17, 15) is 9.90 Å². The molecule has 2 atom stereocenters. The number of rotatable bonds is 5. The maximum Gasteiger partial charge on any atom is 0.234 e. The quantitative estimate of drug-likeness (QED) is 0.872. The molecule has 1 fully saturated rings. The number of benzene rings is 1. The number of carbonyl (C=O) groups excluding carboxylic acids is 1. The van der Waals surface area contributed by atoms with Gasteiger partial charge in [0.05, 0.1) is 19.2 Å². The van der Waals surface area contributed by atoms with E-state index in [0.29, 0.717) is 16.6 Å². The number of nitrogens with one attached hydrogen (secondary N) is 1. The number of hydrogen-bond acceptors (Lipinski definition) is 3. The number of amides is 1. The van der Waals surface area contributed by atoms with Crippen LogP contribution < -0.4 is 5.32 Å². The Morgan fingerprint density at radius 2 is 2.29 bits per heavy atom. The highest BCUT2D eigenvalue weighted by molar-refractivity contribution is 6.35. The Hall–Kier alpha value is -0.810. The summed E-state index contributed by atoms with van der Waals surface area (Å²) >= 11 is 12.0. The topological polar surface area (TPSA) is 52.6 Å². The van der Waals surface area contributed by atoms with Crippen molar-refractivity contribution in [2.75, 3.05) is 19.7 Å². The number of aliphatic hydroxyl groups is 1. The van der Waals surface area contributed by atoms with Crippen molar-refractivity contribution in [2.24, 2.45) is 0 Å². The van der Waals surface area contributed by atoms with Crippen molar-refractivity contribution in [2.45, 2.75) is 31.8 Å². The molecule has 116 valence electrons. The summed E-state index contributed by atoms with van der Waals surface area (Å²) in [5.74, 6) is -0.0612. The lowest BCUT2D eigenvalue weighted by molar-refractivity contribution is -0.123. The van der Waals surface area contributed by atoms with Gasteiger partial charge < -0.3 is 10.4 Å². The first-order valence-corrected chi connectivity index (χ1v) is 7.86. The highest BCUT2D eigenvalue weighted by Crippen LogP contribution is 2.26. The summed E-state index contributed by atoms with van der Waals surface area (Å²) < 4.78 is 0. The third-order valence-electron chi connectivity index (χ3n) is 3.86. The van der Waals surface area contributed by atoms with Gasteiger partial charge in [0.1, 0.15) is 0 Å². The van der Waals surface area contributed by atoms with E-state index in [4.69, 9.17) is 23.2 Å². The van der Waals surface area contributed by atoms with Crippen LogP contribution in [-0.4, -0.2) is 41.7 Å². The van der Waals surface area contributed by atoms with Gasteiger partial charge in [-0.3, -0.25) is 9.69 Å². The number of halogens is 2. The van der Waals surface area contributed by atoms with Gasteiger partial charge in [-0.15, -0.1) is 0 Å². The Bertz CT molecular complexity index is 510. The van der Waals surface area contributed by atoms with Crippen LogP contribution in [0, 0.1) is 0 Å². The van der Waals surface area contributed by atoms with Crippen LogP contribution in [0.1, 0.15) is 31.4 Å². The van der Waals surface area contributed by atoms with Gasteiger partial charge in [-0.25, -0.2) is 0 Å². The lowest BCUT2D eigenvalue weighted by atomic mass is 10.1. The predicted octanol–water partition coefficient (Wildman–Crippen LogP) is 2.63. The average molecular weight is 331 g/mol. The van der Waals surface area contributed by atoms with Crippen LogP contribution in [0.25, 0.3) is 0 Å². The Kier molecular flexibility index (Phi) is 5.88. The second-order valence-electron chi connectivity index (χ2n) is 5.40. The summed E-state index contributed by atoms with van der Waals surface area (Å²) in [5.41, 5.74) is 0.842. The number of nitrogens with zero attached hydrogens (tertiary/aromatic N) is 1. The molecule has 1 aromatic carbocycles. The van der Waals surface area contributed by atoms with E-state index in [1.807, 2.05) is 17.9 Å². The molecule has 0 bridgehead atoms. The fraction of sp³-hybridized carbons (Fsp3) is 0.533. The van der Waals surface area contributed by atoms with Crippen molar-refractivity contribution in [3.8, 4) is 0 Å². The molecule has 1 aromatic rings. The van der Waals surface area contributed by atoms with Gasteiger partial charge >= 0.3 is 0 Å². The Morgan fingerprint density at radius 1 is 1.52 bits per heavy atom. The molecule has 1 amide bonds. The molecule has 2 rings (SSSR count). The molecular weight excluding hydrogens is 311 g/mol. The van der Waals surface area contributed by atoms with Gasteiger partial charge in [0.15, 0.2) is 0 Å². The van der Waals surface area contributed by atoms with Gasteiger partial charge in [0, 0.05) is 16.1 Å². The number of aliphatic hydroxyl groups excluding tert-OH is 1. The molecule has 0 radical (unpaired) electrons. The minimum absolute atomic E-state index is 0.0612. The van der Waals surface area contributed by atoms with Crippen molar-refractivity contribution >= 4 is 29.1 Å². The summed E-state index contributed by atoms with van der Waals surface area (Å²) in [7, 11) is 0. The molecule has 4 nitrogen and oxygen atoms in total. The predicted molar refractivity (Wildman–Crippen MR) is 84.7 cm³/mol. The van der Waals surface area contributed by atoms with Gasteiger partial charge in [0.25, 0.3) is 0 Å². The lowest BCUT2D eigenvalue weighted by Gasteiger charge is -2.23. The zero-order valence-electron chi connectivity index (χ0n) is 12.0. The normalized spacial score (nSPS) is 20.5. The first kappa shape index (κ1) is 16.6. The summed E-state index contributed by atoms with van der Waals surface area (Å²) in [6.45, 7) is 3.15. The fourth-order valence-electron chi connectivity index (χ4n) is 2.71. The van der Waals surface area contributed by atoms with E-state index >= 15 is 0 Å². The summed E-state index contributed by atoms with van der Waals surface area (Å²) in [6, 6.07) is 5.17. The molecule has 0 saturated carbocycles. The Morgan fingerprint density at radius 3 is 2.95 bits per heavy atom. The first-order valence-electron chi connectivity index (χ1n) is 7.10. The van der Waals surface area contributed by atoms with Crippen LogP contribution in [0.2, 0.25) is 10.0 Å². The molecule has 1 aliphatic heterocycles. The van der Waals surface area contributed by atoms with Crippen LogP contribution in [0.5, 0.6) is 0 Å². The van der Waals surface area contributed by atoms with Crippen molar-refractivity contribution in [1.82, 2.24) is 10.2 Å². The van der Waals surface area contributed by atoms with Crippen LogP contribution in [0.4, 0.5) is 0 Å². The highest BCUT2D eigenvalue weighted by atomic mass is 35.5. The average Bonchev–Trinajstić information content (AvgIpc) is 2.85. The third kappa shape index (κ3) is 4.33. The van der Waals surface area contributed by atoms with E-state index in [1.165, 1.54) is 0 Å². The Labute approximate surface area is 135 Å². The van der Waals surface area contributed by atoms with Gasteiger partial charge in [0.2, 0.25) is 5.91 Å². The van der Waals surface area contributed by atoms with Gasteiger partial charge in [-0.2, -0.15) is 0 Å². The molecule has 0 aliphatic carbocycles. The van der Waals surface area contributed by atoms with E-state index < -0.39 is 0 Å². The molecule has 1 aliphatic rings. The Balaban J connectivity index is 1.92. The first-order chi connectivity index (χ1) is 10.0. The maximum atomic E-state index is 12.1. The van der Waals surface area contributed by atoms with Crippen molar-refractivity contribution in [3.63, 3.8) is 0 Å². The number of hydrogen-bond donors (Lipinski definition) is 2. The zero-order chi connectivity index (χ0) is 15.4. The molecule has 1 heterocycles. The van der Waals surface area contributed by atoms with Crippen molar-refractivity contribution in [3.05, 3.63) is 33.8 Å². The monoisotopic (exact) mass is 330 g/mol. The largest absolute Gasteiger partial charge is 0.395 e. The van der Waals surface area contributed by atoms with E-state index in [0.717, 1.165) is 24.9 Å².